The molecule has 1 atom stereocenters. The van der Waals surface area contributed by atoms with Gasteiger partial charge in [-0.25, -0.2) is 18.0 Å². The zero-order valence-electron chi connectivity index (χ0n) is 30.9. The molecule has 1 aliphatic rings. The second-order valence-electron chi connectivity index (χ2n) is 13.2. The molecule has 2 heterocycles. The maximum atomic E-state index is 13.9. The van der Waals surface area contributed by atoms with Crippen molar-refractivity contribution < 1.29 is 85.8 Å². The summed E-state index contributed by atoms with van der Waals surface area (Å²) in [5.41, 5.74) is -9.15. The number of esters is 1. The van der Waals surface area contributed by atoms with Gasteiger partial charge in [0, 0.05) is 31.4 Å². The zero-order valence-corrected chi connectivity index (χ0v) is 31.7. The van der Waals surface area contributed by atoms with Crippen molar-refractivity contribution in [1.29, 1.82) is 0 Å². The highest BCUT2D eigenvalue weighted by atomic mass is 32.2. The van der Waals surface area contributed by atoms with E-state index < -0.39 is 74.7 Å². The number of para-hydroxylation sites is 3. The van der Waals surface area contributed by atoms with E-state index in [2.05, 4.69) is 6.92 Å². The first-order valence-electron chi connectivity index (χ1n) is 17.9. The lowest BCUT2D eigenvalue weighted by Gasteiger charge is -2.20. The number of benzene rings is 3. The third-order valence-electron chi connectivity index (χ3n) is 9.03. The third kappa shape index (κ3) is 11.3. The average molecular weight is 867 g/mol. The lowest BCUT2D eigenvalue weighted by atomic mass is 9.99. The Morgan fingerprint density at radius 1 is 0.729 bits per heavy atom. The van der Waals surface area contributed by atoms with Crippen LogP contribution in [-0.2, 0) is 41.7 Å². The van der Waals surface area contributed by atoms with E-state index in [1.807, 2.05) is 0 Å². The number of rotatable bonds is 13. The fourth-order valence-electron chi connectivity index (χ4n) is 6.31. The van der Waals surface area contributed by atoms with Crippen molar-refractivity contribution in [3.05, 3.63) is 83.4 Å². The van der Waals surface area contributed by atoms with Gasteiger partial charge in [0.2, 0.25) is 11.0 Å². The lowest BCUT2D eigenvalue weighted by molar-refractivity contribution is -0.662. The molecule has 1 unspecified atom stereocenters. The molecular formula is C38H35F9N2O9S. The van der Waals surface area contributed by atoms with Crippen LogP contribution in [0, 0.1) is 0 Å². The maximum absolute atomic E-state index is 13.9. The Labute approximate surface area is 330 Å². The molecule has 59 heavy (non-hydrogen) atoms. The first-order chi connectivity index (χ1) is 27.5. The number of amides is 2. The Bertz CT molecular complexity index is 2210. The van der Waals surface area contributed by atoms with Crippen LogP contribution in [0.4, 0.5) is 39.5 Å². The van der Waals surface area contributed by atoms with Crippen LogP contribution < -0.4 is 9.30 Å². The summed E-state index contributed by atoms with van der Waals surface area (Å²) in [4.78, 5) is 57.9. The number of aromatic nitrogens is 1. The Balaban J connectivity index is 0.000000870. The van der Waals surface area contributed by atoms with Gasteiger partial charge in [0.15, 0.2) is 15.9 Å². The molecule has 320 valence electrons. The molecule has 0 bridgehead atoms. The highest BCUT2D eigenvalue weighted by molar-refractivity contribution is 7.86. The van der Waals surface area contributed by atoms with E-state index in [-0.39, 0.29) is 46.6 Å². The molecular weight excluding hydrogens is 831 g/mol. The number of nitrogens with zero attached hydrogens (tertiary/aromatic N) is 2. The average Bonchev–Trinajstić information content (AvgIpc) is 3.46. The van der Waals surface area contributed by atoms with E-state index in [1.54, 1.807) is 16.7 Å². The number of unbranched alkanes of at least 4 members (excludes halogenated alkanes) is 6. The molecule has 1 fully saturated rings. The summed E-state index contributed by atoms with van der Waals surface area (Å²) in [6, 6.07) is 12.3. The highest BCUT2D eigenvalue weighted by Crippen LogP contribution is 2.45. The standard InChI is InChI=1S/C37H35F6N2O6.CHF3O3S/c1-2-3-4-5-6-7-8-20-29(34(48)51-45-30(46)21-22-31(45)47)44-27-18-11-9-14-23(27)32(24-15-10-12-19-28(24)44)35(49)50-33-25(36(38,39)40)16-13-17-26(33)37(41,42)43;2-1(3,4)8(5,6)7/h9-19,29H,2-8,20-22H2,1H3;(H,5,6,7)/q+1;/p-1. The van der Waals surface area contributed by atoms with Gasteiger partial charge in [-0.05, 0) is 30.7 Å². The molecule has 1 aromatic heterocycles. The quantitative estimate of drug-likeness (QED) is 0.0148. The maximum Gasteiger partial charge on any atom is 0.485 e. The van der Waals surface area contributed by atoms with E-state index in [4.69, 9.17) is 22.5 Å². The fourth-order valence-corrected chi connectivity index (χ4v) is 6.31. The van der Waals surface area contributed by atoms with Crippen LogP contribution in [0.25, 0.3) is 21.8 Å². The molecule has 1 saturated heterocycles. The first-order valence-corrected chi connectivity index (χ1v) is 19.3. The SMILES string of the molecule is CCCCCCCCCC(C(=O)ON1C(=O)CCC1=O)[n+]1c2ccccc2c(C(=O)Oc2c(C(F)(F)F)cccc2C(F)(F)F)c2ccccc21.O=S(=O)([O-])C(F)(F)F. The first kappa shape index (κ1) is 46.4. The second-order valence-corrected chi connectivity index (χ2v) is 14.5. The summed E-state index contributed by atoms with van der Waals surface area (Å²) < 4.78 is 149. The number of fused-ring (bicyclic) bond motifs is 2. The Kier molecular flexibility index (Phi) is 14.7. The summed E-state index contributed by atoms with van der Waals surface area (Å²) in [7, 11) is -6.09. The van der Waals surface area contributed by atoms with Crippen LogP contribution in [0.3, 0.4) is 0 Å². The minimum absolute atomic E-state index is 0.0601. The van der Waals surface area contributed by atoms with Crippen molar-refractivity contribution in [2.75, 3.05) is 0 Å². The van der Waals surface area contributed by atoms with Gasteiger partial charge >= 0.3 is 29.8 Å². The number of carbonyl (C=O) groups excluding carboxylic acids is 4. The van der Waals surface area contributed by atoms with Crippen LogP contribution >= 0.6 is 0 Å². The van der Waals surface area contributed by atoms with Gasteiger partial charge in [-0.3, -0.25) is 9.59 Å². The van der Waals surface area contributed by atoms with Gasteiger partial charge in [-0.15, -0.1) is 5.06 Å². The van der Waals surface area contributed by atoms with Crippen molar-refractivity contribution in [2.24, 2.45) is 0 Å². The van der Waals surface area contributed by atoms with Crippen molar-refractivity contribution >= 4 is 55.7 Å². The second kappa shape index (κ2) is 18.7. The summed E-state index contributed by atoms with van der Waals surface area (Å²) in [5, 5.41) is 0.558. The zero-order chi connectivity index (χ0) is 43.9. The van der Waals surface area contributed by atoms with E-state index >= 15 is 0 Å². The number of ether oxygens (including phenoxy) is 1. The normalized spacial score (nSPS) is 14.3. The fraction of sp³-hybridized carbons (Fsp3) is 0.395. The van der Waals surface area contributed by atoms with E-state index in [9.17, 15) is 58.7 Å². The number of carbonyl (C=O) groups is 4. The number of imide groups is 1. The highest BCUT2D eigenvalue weighted by Gasteiger charge is 2.44. The van der Waals surface area contributed by atoms with Crippen molar-refractivity contribution in [1.82, 2.24) is 5.06 Å². The number of pyridine rings is 1. The number of hydrogen-bond acceptors (Lipinski definition) is 9. The molecule has 21 heteroatoms. The molecule has 1 aliphatic heterocycles. The smallest absolute Gasteiger partial charge is 0.485 e. The molecule has 2 amide bonds. The predicted octanol–water partition coefficient (Wildman–Crippen LogP) is 8.88. The summed E-state index contributed by atoms with van der Waals surface area (Å²) in [5.74, 6) is -5.48. The minimum Gasteiger partial charge on any atom is -0.741 e. The van der Waals surface area contributed by atoms with Gasteiger partial charge in [-0.1, -0.05) is 75.8 Å². The van der Waals surface area contributed by atoms with E-state index in [0.717, 1.165) is 38.5 Å². The lowest BCUT2D eigenvalue weighted by Crippen LogP contribution is -2.48. The van der Waals surface area contributed by atoms with Gasteiger partial charge in [0.05, 0.1) is 27.5 Å². The molecule has 0 N–H and O–H groups in total. The van der Waals surface area contributed by atoms with E-state index in [0.29, 0.717) is 29.7 Å². The van der Waals surface area contributed by atoms with Crippen LogP contribution in [0.2, 0.25) is 0 Å². The van der Waals surface area contributed by atoms with Crippen LogP contribution in [-0.4, -0.2) is 47.3 Å². The largest absolute Gasteiger partial charge is 0.741 e. The number of hydrogen-bond donors (Lipinski definition) is 0. The Morgan fingerprint density at radius 3 is 1.61 bits per heavy atom. The van der Waals surface area contributed by atoms with Crippen molar-refractivity contribution in [3.63, 3.8) is 0 Å². The summed E-state index contributed by atoms with van der Waals surface area (Å²) in [6.07, 6.45) is -4.28. The van der Waals surface area contributed by atoms with Crippen LogP contribution in [0.1, 0.15) is 98.7 Å². The van der Waals surface area contributed by atoms with E-state index in [1.165, 1.54) is 36.4 Å². The molecule has 0 radical (unpaired) electrons. The van der Waals surface area contributed by atoms with Gasteiger partial charge in [0.1, 0.15) is 0 Å². The molecule has 3 aromatic carbocycles. The number of halogens is 9. The molecule has 5 rings (SSSR count). The predicted molar refractivity (Wildman–Crippen MR) is 188 cm³/mol. The molecule has 0 saturated carbocycles. The third-order valence-corrected chi connectivity index (χ3v) is 9.59. The monoisotopic (exact) mass is 866 g/mol. The summed E-state index contributed by atoms with van der Waals surface area (Å²) in [6.45, 7) is 2.10. The molecule has 11 nitrogen and oxygen atoms in total. The van der Waals surface area contributed by atoms with Crippen molar-refractivity contribution in [3.8, 4) is 5.75 Å². The van der Waals surface area contributed by atoms with Crippen LogP contribution in [0.15, 0.2) is 66.7 Å². The van der Waals surface area contributed by atoms with Crippen LogP contribution in [0.5, 0.6) is 5.75 Å². The number of hydroxylamine groups is 2. The minimum atomic E-state index is -6.09. The van der Waals surface area contributed by atoms with Crippen molar-refractivity contribution in [2.45, 2.75) is 95.0 Å². The Hall–Kier alpha value is -5.31. The van der Waals surface area contributed by atoms with Gasteiger partial charge < -0.3 is 14.1 Å². The molecule has 0 spiro atoms. The van der Waals surface area contributed by atoms with Gasteiger partial charge in [-0.2, -0.15) is 44.1 Å². The Morgan fingerprint density at radius 2 is 1.17 bits per heavy atom. The topological polar surface area (TPSA) is 151 Å². The molecule has 0 aliphatic carbocycles. The van der Waals surface area contributed by atoms with Gasteiger partial charge in [0.25, 0.3) is 17.9 Å². The molecule has 4 aromatic rings. The number of alkyl halides is 9. The summed E-state index contributed by atoms with van der Waals surface area (Å²) >= 11 is 0.